The highest BCUT2D eigenvalue weighted by atomic mass is 16.5. The van der Waals surface area contributed by atoms with Crippen LogP contribution in [0.2, 0.25) is 0 Å². The number of carboxylic acid groups (broad SMARTS) is 1. The molecule has 1 fully saturated rings. The van der Waals surface area contributed by atoms with Crippen LogP contribution in [0.3, 0.4) is 0 Å². The molecular weight excluding hydrogens is 176 g/mol. The standard InChI is InChI=1S/C6H10N4O3/c7-10-9-4-1-2-13-3-5(4)8-6(11)12/h4-5,7-8H,1-3H2/p+1/t4-,5+/m1/s1. The zero-order chi connectivity index (χ0) is 9.68. The van der Waals surface area contributed by atoms with Crippen LogP contribution in [0.1, 0.15) is 6.42 Å². The zero-order valence-corrected chi connectivity index (χ0v) is 6.93. The summed E-state index contributed by atoms with van der Waals surface area (Å²) in [7, 11) is 0. The van der Waals surface area contributed by atoms with Crippen molar-refractivity contribution in [3.05, 3.63) is 0 Å². The number of carbonyl (C=O) groups is 1. The minimum absolute atomic E-state index is 0.276. The van der Waals surface area contributed by atoms with Gasteiger partial charge in [0.2, 0.25) is 4.91 Å². The summed E-state index contributed by atoms with van der Waals surface area (Å²) in [4.78, 5) is 13.2. The van der Waals surface area contributed by atoms with Gasteiger partial charge >= 0.3 is 6.09 Å². The van der Waals surface area contributed by atoms with E-state index in [1.54, 1.807) is 0 Å². The third-order valence-electron chi connectivity index (χ3n) is 1.83. The van der Waals surface area contributed by atoms with Crippen molar-refractivity contribution in [2.24, 2.45) is 5.11 Å². The molecule has 3 N–H and O–H groups in total. The van der Waals surface area contributed by atoms with E-state index in [4.69, 9.17) is 15.4 Å². The lowest BCUT2D eigenvalue weighted by Gasteiger charge is -2.24. The lowest BCUT2D eigenvalue weighted by atomic mass is 10.1. The van der Waals surface area contributed by atoms with Crippen LogP contribution in [0, 0.1) is 5.53 Å². The van der Waals surface area contributed by atoms with E-state index in [1.165, 1.54) is 0 Å². The summed E-state index contributed by atoms with van der Waals surface area (Å²) in [6, 6.07) is -0.664. The largest absolute Gasteiger partial charge is 0.465 e. The molecule has 2 atom stereocenters. The van der Waals surface area contributed by atoms with E-state index in [2.05, 4.69) is 15.3 Å². The molecule has 72 valence electrons. The summed E-state index contributed by atoms with van der Waals surface area (Å²) in [5.74, 6) is 0. The summed E-state index contributed by atoms with van der Waals surface area (Å²) in [6.07, 6.45) is -0.520. The van der Waals surface area contributed by atoms with Crippen LogP contribution in [0.15, 0.2) is 5.11 Å². The highest BCUT2D eigenvalue weighted by Gasteiger charge is 2.30. The van der Waals surface area contributed by atoms with E-state index in [1.807, 2.05) is 0 Å². The average Bonchev–Trinajstić information content (AvgIpc) is 2.08. The Labute approximate surface area is 74.3 Å². The number of hydrogen-bond acceptors (Lipinski definition) is 4. The predicted octanol–water partition coefficient (Wildman–Crippen LogP) is -0.0381. The van der Waals surface area contributed by atoms with E-state index in [-0.39, 0.29) is 18.7 Å². The Hall–Kier alpha value is -1.46. The molecule has 1 rings (SSSR count). The van der Waals surface area contributed by atoms with Gasteiger partial charge in [0.25, 0.3) is 0 Å². The zero-order valence-electron chi connectivity index (χ0n) is 6.93. The SMILES string of the molecule is N=[N+]=N[C@@H]1CCOC[C@@H]1NC(=O)O. The third kappa shape index (κ3) is 2.81. The van der Waals surface area contributed by atoms with Gasteiger partial charge in [-0.3, -0.25) is 0 Å². The molecular formula is C6H11N4O3+. The maximum Gasteiger partial charge on any atom is 0.405 e. The summed E-state index contributed by atoms with van der Waals surface area (Å²) in [5, 5.41) is 14.3. The molecule has 1 aliphatic heterocycles. The van der Waals surface area contributed by atoms with Crippen molar-refractivity contribution in [1.82, 2.24) is 10.2 Å². The Bertz CT molecular complexity index is 238. The first-order chi connectivity index (χ1) is 6.24. The predicted molar refractivity (Wildman–Crippen MR) is 41.5 cm³/mol. The molecule has 0 spiro atoms. The second-order valence-electron chi connectivity index (χ2n) is 2.70. The molecule has 1 aliphatic rings. The smallest absolute Gasteiger partial charge is 0.405 e. The van der Waals surface area contributed by atoms with Gasteiger partial charge < -0.3 is 15.2 Å². The fourth-order valence-electron chi connectivity index (χ4n) is 1.24. The van der Waals surface area contributed by atoms with E-state index in [0.29, 0.717) is 13.0 Å². The normalized spacial score (nSPS) is 27.4. The van der Waals surface area contributed by atoms with E-state index < -0.39 is 6.09 Å². The number of hydrogen-bond donors (Lipinski definition) is 3. The number of nitrogens with one attached hydrogen (secondary N) is 2. The van der Waals surface area contributed by atoms with Gasteiger partial charge in [-0.25, -0.2) is 4.79 Å². The number of ether oxygens (including phenoxy) is 1. The van der Waals surface area contributed by atoms with Gasteiger partial charge in [-0.1, -0.05) is 0 Å². The molecule has 0 unspecified atom stereocenters. The quantitative estimate of drug-likeness (QED) is 0.416. The fraction of sp³-hybridized carbons (Fsp3) is 0.833. The number of amides is 1. The summed E-state index contributed by atoms with van der Waals surface area (Å²) < 4.78 is 5.07. The van der Waals surface area contributed by atoms with Crippen LogP contribution >= 0.6 is 0 Å². The maximum absolute atomic E-state index is 10.3. The third-order valence-corrected chi connectivity index (χ3v) is 1.83. The Morgan fingerprint density at radius 1 is 1.77 bits per heavy atom. The Morgan fingerprint density at radius 3 is 3.15 bits per heavy atom. The summed E-state index contributed by atoms with van der Waals surface area (Å²) in [5.41, 5.74) is 6.55. The van der Waals surface area contributed by atoms with Gasteiger partial charge in [-0.05, 0) is 0 Å². The monoisotopic (exact) mass is 187 g/mol. The maximum atomic E-state index is 10.3. The minimum Gasteiger partial charge on any atom is -0.465 e. The molecule has 7 heteroatoms. The van der Waals surface area contributed by atoms with Crippen LogP contribution in [-0.4, -0.2) is 36.5 Å². The van der Waals surface area contributed by atoms with Crippen LogP contribution in [0.5, 0.6) is 0 Å². The van der Waals surface area contributed by atoms with Gasteiger partial charge in [0.05, 0.1) is 12.6 Å². The molecule has 1 amide bonds. The van der Waals surface area contributed by atoms with Crippen molar-refractivity contribution >= 4 is 6.09 Å². The highest BCUT2D eigenvalue weighted by Crippen LogP contribution is 2.10. The van der Waals surface area contributed by atoms with Crippen LogP contribution in [0.4, 0.5) is 4.79 Å². The molecule has 7 nitrogen and oxygen atoms in total. The lowest BCUT2D eigenvalue weighted by molar-refractivity contribution is 0.0570. The first-order valence-corrected chi connectivity index (χ1v) is 3.88. The van der Waals surface area contributed by atoms with Crippen molar-refractivity contribution in [3.63, 3.8) is 0 Å². The molecule has 0 aromatic carbocycles. The summed E-state index contributed by atoms with van der Waals surface area (Å²) >= 11 is 0. The van der Waals surface area contributed by atoms with Crippen LogP contribution in [-0.2, 0) is 4.74 Å². The topological polar surface area (TPSA) is 109 Å². The first-order valence-electron chi connectivity index (χ1n) is 3.88. The van der Waals surface area contributed by atoms with Crippen LogP contribution < -0.4 is 10.2 Å². The minimum atomic E-state index is -1.11. The highest BCUT2D eigenvalue weighted by molar-refractivity contribution is 5.65. The van der Waals surface area contributed by atoms with E-state index in [9.17, 15) is 4.79 Å². The van der Waals surface area contributed by atoms with E-state index >= 15 is 0 Å². The molecule has 1 heterocycles. The van der Waals surface area contributed by atoms with E-state index in [0.717, 1.165) is 0 Å². The van der Waals surface area contributed by atoms with Crippen LogP contribution in [0.25, 0.3) is 0 Å². The number of nitrogens with zero attached hydrogens (tertiary/aromatic N) is 2. The van der Waals surface area contributed by atoms with Crippen molar-refractivity contribution in [3.8, 4) is 0 Å². The van der Waals surface area contributed by atoms with Crippen molar-refractivity contribution < 1.29 is 14.6 Å². The van der Waals surface area contributed by atoms with Crippen molar-refractivity contribution in [2.45, 2.75) is 18.5 Å². The Balaban J connectivity index is 2.55. The van der Waals surface area contributed by atoms with Gasteiger partial charge in [0.15, 0.2) is 6.04 Å². The number of rotatable bonds is 2. The molecule has 13 heavy (non-hydrogen) atoms. The Kier molecular flexibility index (Phi) is 3.36. The lowest BCUT2D eigenvalue weighted by Crippen LogP contribution is -2.48. The van der Waals surface area contributed by atoms with Gasteiger partial charge in [0, 0.05) is 13.0 Å². The molecule has 0 radical (unpaired) electrons. The molecule has 1 saturated heterocycles. The van der Waals surface area contributed by atoms with Crippen molar-refractivity contribution in [2.75, 3.05) is 13.2 Å². The first kappa shape index (κ1) is 9.63. The fourth-order valence-corrected chi connectivity index (χ4v) is 1.24. The second kappa shape index (κ2) is 4.54. The molecule has 0 saturated carbocycles. The van der Waals surface area contributed by atoms with Gasteiger partial charge in [0.1, 0.15) is 10.6 Å². The van der Waals surface area contributed by atoms with Gasteiger partial charge in [-0.15, -0.1) is 0 Å². The average molecular weight is 187 g/mol. The molecule has 0 aromatic heterocycles. The molecule has 0 aromatic rings. The van der Waals surface area contributed by atoms with Crippen molar-refractivity contribution in [1.29, 1.82) is 5.53 Å². The Morgan fingerprint density at radius 2 is 2.54 bits per heavy atom. The second-order valence-corrected chi connectivity index (χ2v) is 2.70. The molecule has 0 aliphatic carbocycles. The van der Waals surface area contributed by atoms with Gasteiger partial charge in [-0.2, -0.15) is 0 Å². The molecule has 0 bridgehead atoms. The summed E-state index contributed by atoms with van der Waals surface area (Å²) in [6.45, 7) is 0.817.